The quantitative estimate of drug-likeness (QED) is 0.557. The summed E-state index contributed by atoms with van der Waals surface area (Å²) in [6, 6.07) is 13.2. The lowest BCUT2D eigenvalue weighted by molar-refractivity contribution is 0.0983. The molecule has 0 radical (unpaired) electrons. The molecular weight excluding hydrogens is 386 g/mol. The third-order valence-corrected chi connectivity index (χ3v) is 5.39. The van der Waals surface area contributed by atoms with Crippen LogP contribution < -0.4 is 14.4 Å². The fraction of sp³-hybridized carbons (Fsp3) is 0.318. The molecule has 1 aromatic heterocycles. The van der Waals surface area contributed by atoms with Gasteiger partial charge >= 0.3 is 0 Å². The Morgan fingerprint density at radius 3 is 2.31 bits per heavy atom. The van der Waals surface area contributed by atoms with Gasteiger partial charge in [-0.1, -0.05) is 49.4 Å². The number of carbonyl (C=O) groups excluding carboxylic acids is 1. The molecule has 1 heterocycles. The number of hydrogen-bond donors (Lipinski definition) is 0. The van der Waals surface area contributed by atoms with E-state index < -0.39 is 0 Å². The first-order valence-corrected chi connectivity index (χ1v) is 10.2. The van der Waals surface area contributed by atoms with E-state index in [0.29, 0.717) is 28.7 Å². The Kier molecular flexibility index (Phi) is 6.49. The van der Waals surface area contributed by atoms with Gasteiger partial charge in [0.1, 0.15) is 16.5 Å². The van der Waals surface area contributed by atoms with Crippen molar-refractivity contribution in [3.05, 3.63) is 53.6 Å². The summed E-state index contributed by atoms with van der Waals surface area (Å²) in [5, 5.41) is 10.0. The van der Waals surface area contributed by atoms with Crippen molar-refractivity contribution in [3.8, 4) is 22.1 Å². The lowest BCUT2D eigenvalue weighted by Gasteiger charge is -2.22. The number of anilines is 1. The zero-order valence-electron chi connectivity index (χ0n) is 17.3. The van der Waals surface area contributed by atoms with Gasteiger partial charge in [-0.2, -0.15) is 0 Å². The first-order chi connectivity index (χ1) is 13.9. The van der Waals surface area contributed by atoms with E-state index in [1.165, 1.54) is 11.3 Å². The summed E-state index contributed by atoms with van der Waals surface area (Å²) in [4.78, 5) is 15.1. The predicted molar refractivity (Wildman–Crippen MR) is 116 cm³/mol. The van der Waals surface area contributed by atoms with Crippen molar-refractivity contribution in [1.29, 1.82) is 0 Å². The highest BCUT2D eigenvalue weighted by atomic mass is 32.1. The molecule has 0 saturated heterocycles. The fourth-order valence-corrected chi connectivity index (χ4v) is 3.89. The van der Waals surface area contributed by atoms with Gasteiger partial charge < -0.3 is 9.47 Å². The molecule has 0 aliphatic carbocycles. The third-order valence-electron chi connectivity index (χ3n) is 4.41. The summed E-state index contributed by atoms with van der Waals surface area (Å²) >= 11 is 1.41. The number of aryl methyl sites for hydroxylation is 1. The van der Waals surface area contributed by atoms with Gasteiger partial charge in [-0.25, -0.2) is 0 Å². The van der Waals surface area contributed by atoms with Gasteiger partial charge in [-0.05, 0) is 30.5 Å². The van der Waals surface area contributed by atoms with Gasteiger partial charge in [0.15, 0.2) is 0 Å². The Balaban J connectivity index is 1.99. The molecule has 0 unspecified atom stereocenters. The largest absolute Gasteiger partial charge is 0.497 e. The van der Waals surface area contributed by atoms with Crippen LogP contribution in [0.15, 0.2) is 42.5 Å². The highest BCUT2D eigenvalue weighted by molar-refractivity contribution is 7.18. The Hall–Kier alpha value is -2.93. The van der Waals surface area contributed by atoms with Gasteiger partial charge in [-0.3, -0.25) is 9.69 Å². The van der Waals surface area contributed by atoms with Crippen molar-refractivity contribution in [2.24, 2.45) is 5.92 Å². The van der Waals surface area contributed by atoms with E-state index in [9.17, 15) is 4.79 Å². The summed E-state index contributed by atoms with van der Waals surface area (Å²) in [6.45, 7) is 6.70. The normalized spacial score (nSPS) is 10.8. The molecule has 0 atom stereocenters. The number of amides is 1. The van der Waals surface area contributed by atoms with Crippen molar-refractivity contribution in [2.75, 3.05) is 25.7 Å². The molecule has 7 heteroatoms. The SMILES string of the molecule is COc1cc(OC)cc(C(=O)N(CC(C)C)c2nnc(-c3ccccc3C)s2)c1. The molecule has 29 heavy (non-hydrogen) atoms. The molecule has 0 saturated carbocycles. The van der Waals surface area contributed by atoms with Gasteiger partial charge in [0, 0.05) is 23.7 Å². The maximum atomic E-state index is 13.4. The Morgan fingerprint density at radius 1 is 1.07 bits per heavy atom. The van der Waals surface area contributed by atoms with Crippen LogP contribution in [0.4, 0.5) is 5.13 Å². The van der Waals surface area contributed by atoms with Crippen LogP contribution in [0.1, 0.15) is 29.8 Å². The Labute approximate surface area is 175 Å². The monoisotopic (exact) mass is 411 g/mol. The summed E-state index contributed by atoms with van der Waals surface area (Å²) < 4.78 is 10.6. The molecule has 0 aliphatic heterocycles. The summed E-state index contributed by atoms with van der Waals surface area (Å²) in [7, 11) is 3.13. The van der Waals surface area contributed by atoms with Crippen molar-refractivity contribution in [3.63, 3.8) is 0 Å². The van der Waals surface area contributed by atoms with E-state index in [1.807, 2.05) is 31.2 Å². The van der Waals surface area contributed by atoms with Crippen LogP contribution >= 0.6 is 11.3 Å². The summed E-state index contributed by atoms with van der Waals surface area (Å²) in [5.74, 6) is 1.23. The molecule has 0 spiro atoms. The van der Waals surface area contributed by atoms with E-state index in [-0.39, 0.29) is 11.8 Å². The molecule has 0 fully saturated rings. The standard InChI is InChI=1S/C22H25N3O3S/c1-14(2)13-25(21(26)16-10-17(27-4)12-18(11-16)28-5)22-24-23-20(29-22)19-9-7-6-8-15(19)3/h6-12,14H,13H2,1-5H3. The molecule has 0 N–H and O–H groups in total. The van der Waals surface area contributed by atoms with Crippen LogP contribution in [-0.2, 0) is 0 Å². The highest BCUT2D eigenvalue weighted by Gasteiger charge is 2.24. The van der Waals surface area contributed by atoms with Gasteiger partial charge in [0.05, 0.1) is 14.2 Å². The first-order valence-electron chi connectivity index (χ1n) is 9.37. The minimum absolute atomic E-state index is 0.164. The van der Waals surface area contributed by atoms with Crippen LogP contribution in [-0.4, -0.2) is 36.9 Å². The zero-order valence-corrected chi connectivity index (χ0v) is 18.1. The third kappa shape index (κ3) is 4.74. The van der Waals surface area contributed by atoms with E-state index in [2.05, 4.69) is 24.0 Å². The number of rotatable bonds is 7. The molecule has 152 valence electrons. The van der Waals surface area contributed by atoms with Gasteiger partial charge in [-0.15, -0.1) is 10.2 Å². The first kappa shape index (κ1) is 20.8. The maximum absolute atomic E-state index is 13.4. The molecule has 3 aromatic rings. The number of methoxy groups -OCH3 is 2. The van der Waals surface area contributed by atoms with Crippen LogP contribution in [0.3, 0.4) is 0 Å². The van der Waals surface area contributed by atoms with Crippen LogP contribution in [0.2, 0.25) is 0 Å². The van der Waals surface area contributed by atoms with E-state index >= 15 is 0 Å². The molecule has 0 bridgehead atoms. The molecule has 1 amide bonds. The smallest absolute Gasteiger partial charge is 0.260 e. The molecule has 6 nitrogen and oxygen atoms in total. The molecule has 0 aliphatic rings. The van der Waals surface area contributed by atoms with Crippen molar-refractivity contribution >= 4 is 22.4 Å². The summed E-state index contributed by atoms with van der Waals surface area (Å²) in [6.07, 6.45) is 0. The summed E-state index contributed by atoms with van der Waals surface area (Å²) in [5.41, 5.74) is 2.63. The number of nitrogens with zero attached hydrogens (tertiary/aromatic N) is 3. The maximum Gasteiger partial charge on any atom is 0.260 e. The highest BCUT2D eigenvalue weighted by Crippen LogP contribution is 2.32. The van der Waals surface area contributed by atoms with Crippen LogP contribution in [0, 0.1) is 12.8 Å². The second-order valence-corrected chi connectivity index (χ2v) is 8.07. The molecular formula is C22H25N3O3S. The Bertz CT molecular complexity index is 978. The van der Waals surface area contributed by atoms with Crippen molar-refractivity contribution in [1.82, 2.24) is 10.2 Å². The van der Waals surface area contributed by atoms with Crippen LogP contribution in [0.5, 0.6) is 11.5 Å². The van der Waals surface area contributed by atoms with E-state index in [4.69, 9.17) is 9.47 Å². The number of ether oxygens (including phenoxy) is 2. The topological polar surface area (TPSA) is 64.6 Å². The minimum Gasteiger partial charge on any atom is -0.497 e. The minimum atomic E-state index is -0.164. The number of benzene rings is 2. The van der Waals surface area contributed by atoms with Crippen molar-refractivity contribution in [2.45, 2.75) is 20.8 Å². The Morgan fingerprint density at radius 2 is 1.72 bits per heavy atom. The molecule has 2 aromatic carbocycles. The number of carbonyl (C=O) groups is 1. The molecule has 3 rings (SSSR count). The average Bonchev–Trinajstić information content (AvgIpc) is 3.20. The lowest BCUT2D eigenvalue weighted by Crippen LogP contribution is -2.34. The number of aromatic nitrogens is 2. The van der Waals surface area contributed by atoms with Gasteiger partial charge in [0.2, 0.25) is 5.13 Å². The second-order valence-electron chi connectivity index (χ2n) is 7.12. The van der Waals surface area contributed by atoms with E-state index in [1.54, 1.807) is 37.3 Å². The van der Waals surface area contributed by atoms with Gasteiger partial charge in [0.25, 0.3) is 5.91 Å². The second kappa shape index (κ2) is 9.05. The lowest BCUT2D eigenvalue weighted by atomic mass is 10.1. The van der Waals surface area contributed by atoms with E-state index in [0.717, 1.165) is 16.1 Å². The predicted octanol–water partition coefficient (Wildman–Crippen LogP) is 4.83. The zero-order chi connectivity index (χ0) is 21.0. The average molecular weight is 412 g/mol. The van der Waals surface area contributed by atoms with Crippen LogP contribution in [0.25, 0.3) is 10.6 Å². The fourth-order valence-electron chi connectivity index (χ4n) is 2.95. The number of hydrogen-bond acceptors (Lipinski definition) is 6. The van der Waals surface area contributed by atoms with Crippen molar-refractivity contribution < 1.29 is 14.3 Å².